The number of ether oxygens (including phenoxy) is 1. The molecule has 1 saturated heterocycles. The van der Waals surface area contributed by atoms with Crippen molar-refractivity contribution in [3.63, 3.8) is 0 Å². The second-order valence-electron chi connectivity index (χ2n) is 7.96. The van der Waals surface area contributed by atoms with E-state index in [0.717, 1.165) is 38.3 Å². The molecule has 2 aromatic carbocycles. The Bertz CT molecular complexity index is 756. The largest absolute Gasteiger partial charge is 0.494 e. The minimum atomic E-state index is -0.0285. The molecule has 30 heavy (non-hydrogen) atoms. The first kappa shape index (κ1) is 24.2. The Labute approximate surface area is 187 Å². The van der Waals surface area contributed by atoms with Gasteiger partial charge in [0.2, 0.25) is 0 Å². The molecule has 0 bridgehead atoms. The van der Waals surface area contributed by atoms with Crippen LogP contribution in [0, 0.1) is 6.92 Å². The van der Waals surface area contributed by atoms with Crippen LogP contribution in [0.25, 0.3) is 0 Å². The van der Waals surface area contributed by atoms with Gasteiger partial charge in [-0.1, -0.05) is 49.6 Å². The van der Waals surface area contributed by atoms with Gasteiger partial charge < -0.3 is 10.1 Å². The summed E-state index contributed by atoms with van der Waals surface area (Å²) >= 11 is 0. The van der Waals surface area contributed by atoms with E-state index >= 15 is 0 Å². The van der Waals surface area contributed by atoms with E-state index in [4.69, 9.17) is 4.74 Å². The molecule has 1 aliphatic rings. The maximum Gasteiger partial charge on any atom is 0.251 e. The third-order valence-electron chi connectivity index (χ3n) is 5.63. The average molecular weight is 431 g/mol. The lowest BCUT2D eigenvalue weighted by atomic mass is 10.0. The Hall–Kier alpha value is -2.04. The van der Waals surface area contributed by atoms with E-state index in [1.807, 2.05) is 24.3 Å². The Morgan fingerprint density at radius 3 is 2.33 bits per heavy atom. The normalized spacial score (nSPS) is 15.1. The summed E-state index contributed by atoms with van der Waals surface area (Å²) in [7, 11) is 0. The second-order valence-corrected chi connectivity index (χ2v) is 7.96. The summed E-state index contributed by atoms with van der Waals surface area (Å²) in [6.07, 6.45) is 5.92. The van der Waals surface area contributed by atoms with Gasteiger partial charge in [0.05, 0.1) is 12.6 Å². The van der Waals surface area contributed by atoms with Gasteiger partial charge in [-0.15, -0.1) is 12.4 Å². The number of hydrogen-bond donors (Lipinski definition) is 1. The van der Waals surface area contributed by atoms with E-state index < -0.39 is 0 Å². The molecule has 4 nitrogen and oxygen atoms in total. The monoisotopic (exact) mass is 430 g/mol. The number of amides is 1. The zero-order chi connectivity index (χ0) is 20.5. The van der Waals surface area contributed by atoms with E-state index in [9.17, 15) is 4.79 Å². The fourth-order valence-electron chi connectivity index (χ4n) is 3.80. The van der Waals surface area contributed by atoms with Crippen molar-refractivity contribution in [2.75, 3.05) is 26.2 Å². The quantitative estimate of drug-likeness (QED) is 0.530. The van der Waals surface area contributed by atoms with Gasteiger partial charge >= 0.3 is 0 Å². The van der Waals surface area contributed by atoms with Crippen LogP contribution in [-0.2, 0) is 0 Å². The predicted molar refractivity (Wildman–Crippen MR) is 126 cm³/mol. The highest BCUT2D eigenvalue weighted by molar-refractivity contribution is 5.94. The molecule has 5 heteroatoms. The minimum Gasteiger partial charge on any atom is -0.494 e. The lowest BCUT2D eigenvalue weighted by molar-refractivity contribution is 0.0924. The summed E-state index contributed by atoms with van der Waals surface area (Å²) in [5, 5.41) is 3.16. The number of aryl methyl sites for hydroxylation is 1. The molecule has 1 amide bonds. The number of piperidine rings is 1. The molecule has 1 unspecified atom stereocenters. The van der Waals surface area contributed by atoms with Gasteiger partial charge in [0.1, 0.15) is 5.75 Å². The van der Waals surface area contributed by atoms with Crippen molar-refractivity contribution < 1.29 is 9.53 Å². The van der Waals surface area contributed by atoms with Gasteiger partial charge in [-0.2, -0.15) is 0 Å². The summed E-state index contributed by atoms with van der Waals surface area (Å²) < 4.78 is 5.69. The van der Waals surface area contributed by atoms with Crippen molar-refractivity contribution in [1.82, 2.24) is 10.2 Å². The molecule has 3 rings (SSSR count). The first-order chi connectivity index (χ1) is 14.2. The lowest BCUT2D eigenvalue weighted by Crippen LogP contribution is -2.40. The molecule has 0 aliphatic carbocycles. The van der Waals surface area contributed by atoms with Crippen LogP contribution in [0.1, 0.15) is 66.6 Å². The van der Waals surface area contributed by atoms with Crippen LogP contribution in [0.5, 0.6) is 5.75 Å². The number of nitrogens with zero attached hydrogens (tertiary/aromatic N) is 1. The van der Waals surface area contributed by atoms with Crippen LogP contribution in [0.2, 0.25) is 0 Å². The van der Waals surface area contributed by atoms with Crippen molar-refractivity contribution >= 4 is 18.3 Å². The highest BCUT2D eigenvalue weighted by atomic mass is 35.5. The number of nitrogens with one attached hydrogen (secondary N) is 1. The Morgan fingerprint density at radius 1 is 1.03 bits per heavy atom. The minimum absolute atomic E-state index is 0. The van der Waals surface area contributed by atoms with Crippen LogP contribution in [-0.4, -0.2) is 37.0 Å². The Balaban J connectivity index is 0.00000320. The summed E-state index contributed by atoms with van der Waals surface area (Å²) in [4.78, 5) is 15.2. The predicted octanol–water partition coefficient (Wildman–Crippen LogP) is 5.55. The smallest absolute Gasteiger partial charge is 0.251 e. The number of benzene rings is 2. The van der Waals surface area contributed by atoms with Crippen LogP contribution in [0.3, 0.4) is 0 Å². The van der Waals surface area contributed by atoms with E-state index in [1.165, 1.54) is 30.4 Å². The maximum atomic E-state index is 12.7. The van der Waals surface area contributed by atoms with Crippen molar-refractivity contribution in [3.8, 4) is 5.75 Å². The molecular weight excluding hydrogens is 396 g/mol. The van der Waals surface area contributed by atoms with Crippen molar-refractivity contribution in [2.24, 2.45) is 0 Å². The molecule has 2 aromatic rings. The number of carbonyl (C=O) groups excluding carboxylic acids is 1. The maximum absolute atomic E-state index is 12.7. The number of rotatable bonds is 9. The van der Waals surface area contributed by atoms with Gasteiger partial charge in [-0.05, 0) is 69.1 Å². The fraction of sp³-hybridized carbons (Fsp3) is 0.480. The summed E-state index contributed by atoms with van der Waals surface area (Å²) in [6, 6.07) is 16.4. The topological polar surface area (TPSA) is 41.6 Å². The number of likely N-dealkylation sites (tertiary alicyclic amines) is 1. The van der Waals surface area contributed by atoms with E-state index in [1.54, 1.807) is 0 Å². The lowest BCUT2D eigenvalue weighted by Gasteiger charge is -2.35. The molecule has 0 saturated carbocycles. The number of hydrogen-bond acceptors (Lipinski definition) is 3. The van der Waals surface area contributed by atoms with E-state index in [-0.39, 0.29) is 24.4 Å². The average Bonchev–Trinajstić information content (AvgIpc) is 2.76. The van der Waals surface area contributed by atoms with Crippen LogP contribution >= 0.6 is 12.4 Å². The summed E-state index contributed by atoms with van der Waals surface area (Å²) in [5.74, 6) is 0.792. The first-order valence-electron chi connectivity index (χ1n) is 11.0. The molecule has 0 aromatic heterocycles. The van der Waals surface area contributed by atoms with Crippen LogP contribution in [0.15, 0.2) is 48.5 Å². The van der Waals surface area contributed by atoms with Crippen molar-refractivity contribution in [1.29, 1.82) is 0 Å². The second kappa shape index (κ2) is 12.6. The molecular formula is C25H35ClN2O2. The van der Waals surface area contributed by atoms with E-state index in [2.05, 4.69) is 48.3 Å². The number of halogens is 1. The number of carbonyl (C=O) groups is 1. The van der Waals surface area contributed by atoms with Crippen LogP contribution in [0.4, 0.5) is 0 Å². The molecule has 1 heterocycles. The molecule has 0 spiro atoms. The third-order valence-corrected chi connectivity index (χ3v) is 5.63. The van der Waals surface area contributed by atoms with Gasteiger partial charge in [-0.25, -0.2) is 0 Å². The van der Waals surface area contributed by atoms with Crippen LogP contribution < -0.4 is 10.1 Å². The molecule has 0 radical (unpaired) electrons. The molecule has 1 fully saturated rings. The van der Waals surface area contributed by atoms with Crippen molar-refractivity contribution in [2.45, 2.75) is 52.0 Å². The van der Waals surface area contributed by atoms with Gasteiger partial charge in [-0.3, -0.25) is 9.69 Å². The zero-order valence-corrected chi connectivity index (χ0v) is 19.0. The molecule has 1 N–H and O–H groups in total. The standard InChI is InChI=1S/C25H34N2O2.ClH/c1-3-4-18-29-23-14-12-22(13-15-23)25(28)26-19-24(27-16-6-5-7-17-27)21-10-8-20(2)9-11-21;/h8-15,24H,3-7,16-19H2,1-2H3,(H,26,28);1H. The van der Waals surface area contributed by atoms with Gasteiger partial charge in [0, 0.05) is 12.1 Å². The number of unbranched alkanes of at least 4 members (excludes halogenated alkanes) is 1. The Kier molecular flexibility index (Phi) is 10.2. The third kappa shape index (κ3) is 7.03. The van der Waals surface area contributed by atoms with Crippen molar-refractivity contribution in [3.05, 3.63) is 65.2 Å². The fourth-order valence-corrected chi connectivity index (χ4v) is 3.80. The highest BCUT2D eigenvalue weighted by Crippen LogP contribution is 2.24. The highest BCUT2D eigenvalue weighted by Gasteiger charge is 2.23. The van der Waals surface area contributed by atoms with Gasteiger partial charge in [0.15, 0.2) is 0 Å². The summed E-state index contributed by atoms with van der Waals surface area (Å²) in [6.45, 7) is 7.78. The van der Waals surface area contributed by atoms with Gasteiger partial charge in [0.25, 0.3) is 5.91 Å². The Morgan fingerprint density at radius 2 is 1.70 bits per heavy atom. The SMILES string of the molecule is CCCCOc1ccc(C(=O)NCC(c2ccc(C)cc2)N2CCCCC2)cc1.Cl. The first-order valence-corrected chi connectivity index (χ1v) is 11.0. The molecule has 1 aliphatic heterocycles. The zero-order valence-electron chi connectivity index (χ0n) is 18.2. The molecule has 164 valence electrons. The van der Waals surface area contributed by atoms with E-state index in [0.29, 0.717) is 12.1 Å². The molecule has 1 atom stereocenters. The summed E-state index contributed by atoms with van der Waals surface area (Å²) in [5.41, 5.74) is 3.21.